The highest BCUT2D eigenvalue weighted by molar-refractivity contribution is 6.08. The van der Waals surface area contributed by atoms with E-state index in [0.717, 1.165) is 32.4 Å². The average Bonchev–Trinajstić information content (AvgIpc) is 2.49. The van der Waals surface area contributed by atoms with Crippen molar-refractivity contribution in [2.45, 2.75) is 51.6 Å². The van der Waals surface area contributed by atoms with Crippen molar-refractivity contribution in [1.29, 1.82) is 5.41 Å². The minimum absolute atomic E-state index is 0.0968. The van der Waals surface area contributed by atoms with Crippen LogP contribution in [0.15, 0.2) is 0 Å². The predicted molar refractivity (Wildman–Crippen MR) is 71.9 cm³/mol. The molecule has 2 rings (SSSR count). The molecule has 2 aliphatic rings. The quantitative estimate of drug-likeness (QED) is 0.785. The molecule has 1 spiro atoms. The molecule has 2 amide bonds. The van der Waals surface area contributed by atoms with Gasteiger partial charge in [-0.2, -0.15) is 0 Å². The SMILES string of the molecule is CCN1C(=O)NC(=N)C12CCCN(C(C)C)CC2. The molecule has 0 aromatic heterocycles. The number of amidine groups is 1. The first-order valence-electron chi connectivity index (χ1n) is 6.93. The molecule has 2 heterocycles. The molecule has 1 atom stereocenters. The second-order valence-corrected chi connectivity index (χ2v) is 5.56. The fraction of sp³-hybridized carbons (Fsp3) is 0.846. The summed E-state index contributed by atoms with van der Waals surface area (Å²) in [6.45, 7) is 9.11. The molecule has 2 aliphatic heterocycles. The van der Waals surface area contributed by atoms with E-state index in [0.29, 0.717) is 18.4 Å². The van der Waals surface area contributed by atoms with Crippen molar-refractivity contribution in [3.63, 3.8) is 0 Å². The van der Waals surface area contributed by atoms with E-state index in [4.69, 9.17) is 5.41 Å². The summed E-state index contributed by atoms with van der Waals surface area (Å²) in [6.07, 6.45) is 2.82. The molecule has 2 saturated heterocycles. The Morgan fingerprint density at radius 3 is 2.72 bits per heavy atom. The number of likely N-dealkylation sites (N-methyl/N-ethyl adjacent to an activating group) is 1. The molecule has 2 N–H and O–H groups in total. The van der Waals surface area contributed by atoms with E-state index in [-0.39, 0.29) is 11.6 Å². The summed E-state index contributed by atoms with van der Waals surface area (Å²) in [6, 6.07) is 0.440. The molecule has 0 aliphatic carbocycles. The summed E-state index contributed by atoms with van der Waals surface area (Å²) < 4.78 is 0. The van der Waals surface area contributed by atoms with E-state index < -0.39 is 0 Å². The van der Waals surface area contributed by atoms with Crippen molar-refractivity contribution in [2.24, 2.45) is 0 Å². The van der Waals surface area contributed by atoms with E-state index in [9.17, 15) is 4.79 Å². The Bertz CT molecular complexity index is 355. The molecule has 2 fully saturated rings. The number of rotatable bonds is 2. The normalized spacial score (nSPS) is 30.1. The topological polar surface area (TPSA) is 59.4 Å². The van der Waals surface area contributed by atoms with Gasteiger partial charge in [0.15, 0.2) is 0 Å². The van der Waals surface area contributed by atoms with Crippen LogP contribution in [0, 0.1) is 5.41 Å². The maximum atomic E-state index is 11.9. The van der Waals surface area contributed by atoms with Crippen molar-refractivity contribution in [3.05, 3.63) is 0 Å². The number of likely N-dealkylation sites (tertiary alicyclic amines) is 1. The summed E-state index contributed by atoms with van der Waals surface area (Å²) >= 11 is 0. The van der Waals surface area contributed by atoms with Crippen LogP contribution in [-0.2, 0) is 0 Å². The van der Waals surface area contributed by atoms with Gasteiger partial charge in [0.2, 0.25) is 0 Å². The fourth-order valence-electron chi connectivity index (χ4n) is 3.24. The summed E-state index contributed by atoms with van der Waals surface area (Å²) in [4.78, 5) is 16.2. The first kappa shape index (κ1) is 13.3. The summed E-state index contributed by atoms with van der Waals surface area (Å²) in [7, 11) is 0. The number of nitrogens with one attached hydrogen (secondary N) is 2. The molecule has 18 heavy (non-hydrogen) atoms. The number of carbonyl (C=O) groups excluding carboxylic acids is 1. The first-order chi connectivity index (χ1) is 8.51. The van der Waals surface area contributed by atoms with Gasteiger partial charge in [-0.25, -0.2) is 4.79 Å². The molecule has 0 bridgehead atoms. The lowest BCUT2D eigenvalue weighted by Crippen LogP contribution is -2.50. The molecule has 1 unspecified atom stereocenters. The Balaban J connectivity index is 2.20. The molecule has 0 saturated carbocycles. The lowest BCUT2D eigenvalue weighted by molar-refractivity contribution is 0.163. The predicted octanol–water partition coefficient (Wildman–Crippen LogP) is 1.64. The van der Waals surface area contributed by atoms with Gasteiger partial charge in [0.1, 0.15) is 11.4 Å². The van der Waals surface area contributed by atoms with Gasteiger partial charge in [-0.15, -0.1) is 0 Å². The van der Waals surface area contributed by atoms with E-state index in [1.54, 1.807) is 0 Å². The van der Waals surface area contributed by atoms with E-state index in [1.807, 2.05) is 11.8 Å². The summed E-state index contributed by atoms with van der Waals surface area (Å²) in [5.74, 6) is 0.403. The Morgan fingerprint density at radius 1 is 1.39 bits per heavy atom. The van der Waals surface area contributed by atoms with Crippen LogP contribution in [-0.4, -0.2) is 52.9 Å². The van der Waals surface area contributed by atoms with Gasteiger partial charge in [-0.3, -0.25) is 10.7 Å². The van der Waals surface area contributed by atoms with Gasteiger partial charge >= 0.3 is 6.03 Å². The van der Waals surface area contributed by atoms with Crippen molar-refractivity contribution in [1.82, 2.24) is 15.1 Å². The minimum Gasteiger partial charge on any atom is -0.312 e. The number of hydrogen-bond donors (Lipinski definition) is 2. The summed E-state index contributed by atoms with van der Waals surface area (Å²) in [5, 5.41) is 10.8. The molecule has 0 aromatic rings. The zero-order valence-corrected chi connectivity index (χ0v) is 11.6. The number of urea groups is 1. The highest BCUT2D eigenvalue weighted by Gasteiger charge is 2.49. The van der Waals surface area contributed by atoms with Crippen molar-refractivity contribution in [3.8, 4) is 0 Å². The molecule has 5 nitrogen and oxygen atoms in total. The molecular weight excluding hydrogens is 228 g/mol. The highest BCUT2D eigenvalue weighted by atomic mass is 16.2. The lowest BCUT2D eigenvalue weighted by atomic mass is 9.88. The van der Waals surface area contributed by atoms with Crippen LogP contribution >= 0.6 is 0 Å². The van der Waals surface area contributed by atoms with Crippen molar-refractivity contribution in [2.75, 3.05) is 19.6 Å². The van der Waals surface area contributed by atoms with Crippen LogP contribution in [0.5, 0.6) is 0 Å². The maximum absolute atomic E-state index is 11.9. The fourth-order valence-corrected chi connectivity index (χ4v) is 3.24. The minimum atomic E-state index is -0.366. The Labute approximate surface area is 109 Å². The smallest absolute Gasteiger partial charge is 0.312 e. The van der Waals surface area contributed by atoms with Crippen LogP contribution in [0.4, 0.5) is 4.79 Å². The van der Waals surface area contributed by atoms with Gasteiger partial charge in [0.05, 0.1) is 0 Å². The van der Waals surface area contributed by atoms with Crippen molar-refractivity contribution < 1.29 is 4.79 Å². The number of nitrogens with zero attached hydrogens (tertiary/aromatic N) is 2. The third kappa shape index (κ3) is 2.00. The first-order valence-corrected chi connectivity index (χ1v) is 6.93. The monoisotopic (exact) mass is 252 g/mol. The maximum Gasteiger partial charge on any atom is 0.323 e. The van der Waals surface area contributed by atoms with E-state index in [1.165, 1.54) is 0 Å². The second-order valence-electron chi connectivity index (χ2n) is 5.56. The third-order valence-corrected chi connectivity index (χ3v) is 4.35. The molecule has 102 valence electrons. The number of hydrogen-bond acceptors (Lipinski definition) is 3. The molecule has 0 aromatic carbocycles. The number of carbonyl (C=O) groups is 1. The van der Waals surface area contributed by atoms with Gasteiger partial charge in [0, 0.05) is 19.1 Å². The lowest BCUT2D eigenvalue weighted by Gasteiger charge is -2.35. The average molecular weight is 252 g/mol. The van der Waals surface area contributed by atoms with Gasteiger partial charge < -0.3 is 9.80 Å². The van der Waals surface area contributed by atoms with Crippen LogP contribution in [0.2, 0.25) is 0 Å². The van der Waals surface area contributed by atoms with Gasteiger partial charge in [-0.05, 0) is 46.6 Å². The van der Waals surface area contributed by atoms with E-state index >= 15 is 0 Å². The van der Waals surface area contributed by atoms with Crippen LogP contribution in [0.25, 0.3) is 0 Å². The molecule has 0 radical (unpaired) electrons. The van der Waals surface area contributed by atoms with Crippen LogP contribution < -0.4 is 5.32 Å². The van der Waals surface area contributed by atoms with Gasteiger partial charge in [-0.1, -0.05) is 0 Å². The zero-order chi connectivity index (χ0) is 13.3. The Kier molecular flexibility index (Phi) is 3.61. The van der Waals surface area contributed by atoms with E-state index in [2.05, 4.69) is 24.1 Å². The Hall–Kier alpha value is -1.10. The summed E-state index contributed by atoms with van der Waals surface area (Å²) in [5.41, 5.74) is -0.366. The second kappa shape index (κ2) is 4.88. The van der Waals surface area contributed by atoms with Crippen molar-refractivity contribution >= 4 is 11.9 Å². The molecule has 5 heteroatoms. The van der Waals surface area contributed by atoms with Gasteiger partial charge in [0.25, 0.3) is 0 Å². The Morgan fingerprint density at radius 2 is 2.11 bits per heavy atom. The third-order valence-electron chi connectivity index (χ3n) is 4.35. The van der Waals surface area contributed by atoms with Crippen LogP contribution in [0.3, 0.4) is 0 Å². The standard InChI is InChI=1S/C13H24N4O/c1-4-17-12(18)15-11(14)13(17)6-5-8-16(9-7-13)10(2)3/h10H,4-9H2,1-3H3,(H2,14,15,18). The largest absolute Gasteiger partial charge is 0.323 e. The number of amides is 2. The van der Waals surface area contributed by atoms with Crippen LogP contribution in [0.1, 0.15) is 40.0 Å². The zero-order valence-electron chi connectivity index (χ0n) is 11.6. The highest BCUT2D eigenvalue weighted by Crippen LogP contribution is 2.33. The molecular formula is C13H24N4O.